The molecule has 0 saturated carbocycles. The molecule has 342 valence electrons. The van der Waals surface area contributed by atoms with Gasteiger partial charge < -0.3 is 89.3 Å². The van der Waals surface area contributed by atoms with E-state index in [4.69, 9.17) is 33.2 Å². The molecule has 0 aromatic heterocycles. The lowest BCUT2D eigenvalue weighted by atomic mass is 9.93. The van der Waals surface area contributed by atoms with E-state index in [0.717, 1.165) is 70.6 Å². The number of hydrogen-bond donors (Lipinski definition) is 11. The molecule has 18 atom stereocenters. The molecule has 20 heteroatoms. The average molecular weight is 855 g/mol. The van der Waals surface area contributed by atoms with Gasteiger partial charge >= 0.3 is 11.9 Å². The van der Waals surface area contributed by atoms with Gasteiger partial charge in [-0.1, -0.05) is 70.8 Å². The number of carboxylic acid groups (broad SMARTS) is 1. The molecule has 59 heavy (non-hydrogen) atoms. The molecule has 20 nitrogen and oxygen atoms in total. The first-order chi connectivity index (χ1) is 28.1. The Morgan fingerprint density at radius 1 is 0.593 bits per heavy atom. The molecule has 4 saturated heterocycles. The molecule has 4 aliphatic rings. The summed E-state index contributed by atoms with van der Waals surface area (Å²) in [7, 11) is 0. The van der Waals surface area contributed by atoms with Crippen LogP contribution in [0.4, 0.5) is 0 Å². The molecule has 4 fully saturated rings. The Hall–Kier alpha value is -1.96. The summed E-state index contributed by atoms with van der Waals surface area (Å²) >= 11 is 0. The molecule has 0 aromatic rings. The molecule has 0 aromatic carbocycles. The third kappa shape index (κ3) is 13.0. The van der Waals surface area contributed by atoms with Gasteiger partial charge in [-0.25, -0.2) is 4.79 Å². The van der Waals surface area contributed by atoms with E-state index in [0.29, 0.717) is 12.8 Å². The molecule has 0 aliphatic carbocycles. The Balaban J connectivity index is 1.21. The summed E-state index contributed by atoms with van der Waals surface area (Å²) < 4.78 is 39.9. The number of aliphatic hydroxyl groups excluding tert-OH is 10. The standard InChI is InChI=1S/C39H66O20/c1-19(14-12-10-8-6-4-3-5-7-9-11-13-15-21-25(35(50)51)20(2)36(52)54-21)53-38-33(30(47)27(44)23(17-41)56-38)59-39-34(31(48)28(45)24(18-42)57-39)58-37-32(49)29(46)26(43)22(16-40)55-37/h19,21-34,37-49H,2-18H2,1H3,(H,50,51). The van der Waals surface area contributed by atoms with Crippen LogP contribution in [0.3, 0.4) is 0 Å². The van der Waals surface area contributed by atoms with Crippen LogP contribution >= 0.6 is 0 Å². The van der Waals surface area contributed by atoms with Crippen molar-refractivity contribution < 1.29 is 98.9 Å². The summed E-state index contributed by atoms with van der Waals surface area (Å²) in [4.78, 5) is 23.1. The van der Waals surface area contributed by atoms with E-state index in [1.807, 2.05) is 0 Å². The Morgan fingerprint density at radius 2 is 1.02 bits per heavy atom. The smallest absolute Gasteiger partial charge is 0.334 e. The van der Waals surface area contributed by atoms with Gasteiger partial charge in [-0.05, 0) is 26.2 Å². The van der Waals surface area contributed by atoms with Crippen LogP contribution in [0.1, 0.15) is 90.4 Å². The van der Waals surface area contributed by atoms with Gasteiger partial charge in [0.05, 0.1) is 25.9 Å². The van der Waals surface area contributed by atoms with Gasteiger partial charge in [-0.2, -0.15) is 0 Å². The van der Waals surface area contributed by atoms with E-state index in [1.165, 1.54) is 0 Å². The van der Waals surface area contributed by atoms with Crippen LogP contribution < -0.4 is 0 Å². The number of carbonyl (C=O) groups is 2. The molecule has 4 aliphatic heterocycles. The first-order valence-electron chi connectivity index (χ1n) is 20.8. The van der Waals surface area contributed by atoms with E-state index < -0.39 is 142 Å². The van der Waals surface area contributed by atoms with Crippen LogP contribution in [0.15, 0.2) is 12.2 Å². The van der Waals surface area contributed by atoms with Crippen molar-refractivity contribution in [3.63, 3.8) is 0 Å². The fraction of sp³-hybridized carbons (Fsp3) is 0.897. The maximum atomic E-state index is 11.7. The van der Waals surface area contributed by atoms with Crippen molar-refractivity contribution in [3.05, 3.63) is 12.2 Å². The highest BCUT2D eigenvalue weighted by atomic mass is 16.8. The number of aliphatic hydroxyl groups is 10. The second-order valence-electron chi connectivity index (χ2n) is 16.0. The molecule has 0 radical (unpaired) electrons. The van der Waals surface area contributed by atoms with Gasteiger partial charge in [0, 0.05) is 5.57 Å². The van der Waals surface area contributed by atoms with Crippen molar-refractivity contribution >= 4 is 11.9 Å². The molecule has 0 bridgehead atoms. The quantitative estimate of drug-likeness (QED) is 0.0287. The van der Waals surface area contributed by atoms with Crippen molar-refractivity contribution in [2.45, 2.75) is 195 Å². The highest BCUT2D eigenvalue weighted by Crippen LogP contribution is 2.34. The Bertz CT molecular complexity index is 1290. The lowest BCUT2D eigenvalue weighted by Crippen LogP contribution is -2.67. The lowest BCUT2D eigenvalue weighted by molar-refractivity contribution is -0.395. The van der Waals surface area contributed by atoms with E-state index >= 15 is 0 Å². The van der Waals surface area contributed by atoms with Gasteiger partial charge in [0.15, 0.2) is 18.9 Å². The summed E-state index contributed by atoms with van der Waals surface area (Å²) in [6.07, 6.45) is -14.1. The minimum Gasteiger partial charge on any atom is -0.481 e. The third-order valence-corrected chi connectivity index (χ3v) is 11.6. The van der Waals surface area contributed by atoms with E-state index in [1.54, 1.807) is 6.92 Å². The Kier molecular flexibility index (Phi) is 20.2. The molecule has 4 rings (SSSR count). The number of carboxylic acids is 1. The minimum absolute atomic E-state index is 0.0101. The fourth-order valence-corrected chi connectivity index (χ4v) is 7.94. The molecule has 4 heterocycles. The lowest BCUT2D eigenvalue weighted by Gasteiger charge is -2.48. The van der Waals surface area contributed by atoms with E-state index in [2.05, 4.69) is 6.58 Å². The minimum atomic E-state index is -1.90. The normalized spacial score (nSPS) is 39.6. The number of ether oxygens (including phenoxy) is 7. The summed E-state index contributed by atoms with van der Waals surface area (Å²) in [6.45, 7) is 3.08. The van der Waals surface area contributed by atoms with Crippen molar-refractivity contribution in [2.24, 2.45) is 5.92 Å². The first kappa shape index (κ1) is 49.7. The number of cyclic esters (lactones) is 1. The van der Waals surface area contributed by atoms with Gasteiger partial charge in [-0.15, -0.1) is 0 Å². The fourth-order valence-electron chi connectivity index (χ4n) is 7.94. The van der Waals surface area contributed by atoms with Crippen LogP contribution in [-0.2, 0) is 42.7 Å². The molecule has 0 amide bonds. The summed E-state index contributed by atoms with van der Waals surface area (Å²) in [5.74, 6) is -2.68. The highest BCUT2D eigenvalue weighted by molar-refractivity contribution is 5.97. The van der Waals surface area contributed by atoms with Crippen molar-refractivity contribution in [1.82, 2.24) is 0 Å². The summed E-state index contributed by atoms with van der Waals surface area (Å²) in [5.41, 5.74) is 0.0101. The summed E-state index contributed by atoms with van der Waals surface area (Å²) in [6, 6.07) is 0. The van der Waals surface area contributed by atoms with Crippen LogP contribution in [0, 0.1) is 5.92 Å². The molecule has 11 N–H and O–H groups in total. The zero-order valence-corrected chi connectivity index (χ0v) is 33.5. The largest absolute Gasteiger partial charge is 0.481 e. The Morgan fingerprint density at radius 3 is 1.53 bits per heavy atom. The number of rotatable bonds is 24. The van der Waals surface area contributed by atoms with Crippen LogP contribution in [0.2, 0.25) is 0 Å². The van der Waals surface area contributed by atoms with Crippen LogP contribution in [0.25, 0.3) is 0 Å². The third-order valence-electron chi connectivity index (χ3n) is 11.6. The van der Waals surface area contributed by atoms with Crippen LogP contribution in [0.5, 0.6) is 0 Å². The average Bonchev–Trinajstić information content (AvgIpc) is 3.50. The number of hydrogen-bond acceptors (Lipinski definition) is 19. The summed E-state index contributed by atoms with van der Waals surface area (Å²) in [5, 5.41) is 113. The van der Waals surface area contributed by atoms with Crippen molar-refractivity contribution in [1.29, 1.82) is 0 Å². The van der Waals surface area contributed by atoms with Crippen molar-refractivity contribution in [3.8, 4) is 0 Å². The maximum absolute atomic E-state index is 11.7. The maximum Gasteiger partial charge on any atom is 0.334 e. The number of aliphatic carboxylic acids is 1. The second kappa shape index (κ2) is 24.0. The number of esters is 1. The molecular weight excluding hydrogens is 788 g/mol. The van der Waals surface area contributed by atoms with Gasteiger partial charge in [-0.3, -0.25) is 4.79 Å². The molecule has 18 unspecified atom stereocenters. The Labute approximate surface area is 343 Å². The zero-order valence-electron chi connectivity index (χ0n) is 33.5. The monoisotopic (exact) mass is 854 g/mol. The number of unbranched alkanes of at least 4 members (excludes halogenated alkanes) is 10. The van der Waals surface area contributed by atoms with Crippen LogP contribution in [-0.4, -0.2) is 192 Å². The van der Waals surface area contributed by atoms with Gasteiger partial charge in [0.25, 0.3) is 0 Å². The van der Waals surface area contributed by atoms with Gasteiger partial charge in [0.2, 0.25) is 0 Å². The second-order valence-corrected chi connectivity index (χ2v) is 16.0. The first-order valence-corrected chi connectivity index (χ1v) is 20.8. The SMILES string of the molecule is C=C1C(=O)OC(CCCCCCCCCCCCCC(C)OC2OC(CO)C(O)C(O)C2OC2OC(CO)C(O)C(O)C2OC2OC(CO)C(O)C(O)C2O)C1C(=O)O. The predicted molar refractivity (Wildman–Crippen MR) is 200 cm³/mol. The number of carbonyl (C=O) groups excluding carboxylic acids is 1. The van der Waals surface area contributed by atoms with E-state index in [-0.39, 0.29) is 5.57 Å². The highest BCUT2D eigenvalue weighted by Gasteiger charge is 2.54. The van der Waals surface area contributed by atoms with E-state index in [9.17, 15) is 65.8 Å². The predicted octanol–water partition coefficient (Wildman–Crippen LogP) is -1.91. The van der Waals surface area contributed by atoms with Gasteiger partial charge in [0.1, 0.15) is 85.3 Å². The zero-order chi connectivity index (χ0) is 43.4. The topological polar surface area (TPSA) is 321 Å². The molecular formula is C39H66O20. The molecule has 0 spiro atoms. The van der Waals surface area contributed by atoms with Crippen molar-refractivity contribution in [2.75, 3.05) is 19.8 Å².